The van der Waals surface area contributed by atoms with E-state index in [-0.39, 0.29) is 29.7 Å². The molecule has 0 aliphatic carbocycles. The van der Waals surface area contributed by atoms with Gasteiger partial charge in [0.15, 0.2) is 21.3 Å². The second-order valence-corrected chi connectivity index (χ2v) is 6.41. The van der Waals surface area contributed by atoms with Crippen LogP contribution in [0.15, 0.2) is 12.1 Å². The van der Waals surface area contributed by atoms with Crippen molar-refractivity contribution < 1.29 is 23.0 Å². The third-order valence-electron chi connectivity index (χ3n) is 2.17. The fraction of sp³-hybridized carbons (Fsp3) is 0.455. The number of hydrogen-bond donors (Lipinski definition) is 1. The van der Waals surface area contributed by atoms with Crippen molar-refractivity contribution in [1.29, 1.82) is 0 Å². The Balaban J connectivity index is 2.87. The molecule has 0 heterocycles. The van der Waals surface area contributed by atoms with E-state index in [0.29, 0.717) is 11.3 Å². The van der Waals surface area contributed by atoms with Crippen molar-refractivity contribution in [3.05, 3.63) is 22.7 Å². The van der Waals surface area contributed by atoms with E-state index < -0.39 is 9.84 Å². The van der Waals surface area contributed by atoms with E-state index in [1.54, 1.807) is 12.1 Å². The number of aliphatic hydroxyl groups is 1. The van der Waals surface area contributed by atoms with Crippen molar-refractivity contribution in [3.63, 3.8) is 0 Å². The first kappa shape index (κ1) is 15.1. The molecule has 0 spiro atoms. The van der Waals surface area contributed by atoms with Gasteiger partial charge in [0.1, 0.15) is 6.61 Å². The number of halogens is 1. The molecule has 1 aromatic carbocycles. The number of aliphatic hydroxyl groups excluding tert-OH is 1. The maximum absolute atomic E-state index is 11.0. The van der Waals surface area contributed by atoms with Gasteiger partial charge in [-0.25, -0.2) is 8.42 Å². The van der Waals surface area contributed by atoms with Gasteiger partial charge in [0.25, 0.3) is 0 Å². The smallest absolute Gasteiger partial charge is 0.179 e. The second-order valence-electron chi connectivity index (χ2n) is 3.75. The summed E-state index contributed by atoms with van der Waals surface area (Å²) in [5.41, 5.74) is 0.590. The van der Waals surface area contributed by atoms with E-state index in [4.69, 9.17) is 26.2 Å². The third kappa shape index (κ3) is 4.36. The Hall–Kier alpha value is -0.980. The van der Waals surface area contributed by atoms with E-state index in [9.17, 15) is 8.42 Å². The van der Waals surface area contributed by atoms with Gasteiger partial charge in [-0.05, 0) is 17.7 Å². The Labute approximate surface area is 111 Å². The molecule has 0 aromatic heterocycles. The van der Waals surface area contributed by atoms with Gasteiger partial charge in [0.05, 0.1) is 24.5 Å². The molecule has 0 bridgehead atoms. The van der Waals surface area contributed by atoms with E-state index in [1.165, 1.54) is 7.11 Å². The van der Waals surface area contributed by atoms with Gasteiger partial charge in [0.2, 0.25) is 0 Å². The van der Waals surface area contributed by atoms with Gasteiger partial charge in [-0.15, -0.1) is 0 Å². The molecule has 18 heavy (non-hydrogen) atoms. The van der Waals surface area contributed by atoms with E-state index >= 15 is 0 Å². The van der Waals surface area contributed by atoms with Gasteiger partial charge in [-0.1, -0.05) is 11.6 Å². The fourth-order valence-electron chi connectivity index (χ4n) is 1.30. The zero-order valence-corrected chi connectivity index (χ0v) is 11.7. The monoisotopic (exact) mass is 294 g/mol. The first-order chi connectivity index (χ1) is 8.37. The summed E-state index contributed by atoms with van der Waals surface area (Å²) in [6.07, 6.45) is 1.13. The lowest BCUT2D eigenvalue weighted by atomic mass is 10.2. The lowest BCUT2D eigenvalue weighted by molar-refractivity contribution is 0.279. The summed E-state index contributed by atoms with van der Waals surface area (Å²) in [4.78, 5) is 0. The predicted octanol–water partition coefficient (Wildman–Crippen LogP) is 1.26. The molecule has 0 aliphatic rings. The van der Waals surface area contributed by atoms with Crippen LogP contribution in [0.5, 0.6) is 11.5 Å². The quantitative estimate of drug-likeness (QED) is 0.855. The largest absolute Gasteiger partial charge is 0.493 e. The lowest BCUT2D eigenvalue weighted by Gasteiger charge is -2.13. The molecule has 7 heteroatoms. The van der Waals surface area contributed by atoms with Crippen LogP contribution in [0.3, 0.4) is 0 Å². The maximum Gasteiger partial charge on any atom is 0.179 e. The normalized spacial score (nSPS) is 11.3. The van der Waals surface area contributed by atoms with Gasteiger partial charge >= 0.3 is 0 Å². The molecule has 0 amide bonds. The summed E-state index contributed by atoms with van der Waals surface area (Å²) < 4.78 is 32.4. The molecule has 0 radical (unpaired) electrons. The average Bonchev–Trinajstić information content (AvgIpc) is 2.29. The number of methoxy groups -OCH3 is 1. The van der Waals surface area contributed by atoms with Crippen molar-refractivity contribution in [2.24, 2.45) is 0 Å². The number of benzene rings is 1. The van der Waals surface area contributed by atoms with Crippen LogP contribution in [-0.4, -0.2) is 39.2 Å². The zero-order valence-electron chi connectivity index (χ0n) is 10.1. The molecule has 0 saturated carbocycles. The highest BCUT2D eigenvalue weighted by atomic mass is 35.5. The third-order valence-corrected chi connectivity index (χ3v) is 3.36. The van der Waals surface area contributed by atoms with Gasteiger partial charge in [0, 0.05) is 6.26 Å². The average molecular weight is 295 g/mol. The van der Waals surface area contributed by atoms with Crippen molar-refractivity contribution in [3.8, 4) is 11.5 Å². The Bertz CT molecular complexity index is 512. The minimum atomic E-state index is -3.09. The van der Waals surface area contributed by atoms with Gasteiger partial charge in [-0.3, -0.25) is 0 Å². The van der Waals surface area contributed by atoms with Gasteiger partial charge < -0.3 is 14.6 Å². The molecular formula is C11H15ClO5S. The zero-order chi connectivity index (χ0) is 13.8. The van der Waals surface area contributed by atoms with Crippen molar-refractivity contribution in [2.45, 2.75) is 6.61 Å². The Kier molecular flexibility index (Phi) is 5.25. The van der Waals surface area contributed by atoms with Crippen LogP contribution < -0.4 is 9.47 Å². The Morgan fingerprint density at radius 3 is 2.56 bits per heavy atom. The van der Waals surface area contributed by atoms with E-state index in [2.05, 4.69) is 0 Å². The lowest BCUT2D eigenvalue weighted by Crippen LogP contribution is -2.12. The van der Waals surface area contributed by atoms with Crippen LogP contribution >= 0.6 is 11.6 Å². The number of sulfone groups is 1. The standard InChI is InChI=1S/C11H15ClO5S/c1-16-10-6-8(7-13)5-9(12)11(10)17-3-4-18(2,14)15/h5-6,13H,3-4,7H2,1-2H3. The van der Waals surface area contributed by atoms with Crippen molar-refractivity contribution >= 4 is 21.4 Å². The highest BCUT2D eigenvalue weighted by molar-refractivity contribution is 7.90. The molecule has 0 saturated heterocycles. The number of ether oxygens (including phenoxy) is 2. The summed E-state index contributed by atoms with van der Waals surface area (Å²) in [5.74, 6) is 0.536. The Morgan fingerprint density at radius 2 is 2.06 bits per heavy atom. The van der Waals surface area contributed by atoms with Crippen molar-refractivity contribution in [1.82, 2.24) is 0 Å². The molecule has 5 nitrogen and oxygen atoms in total. The second kappa shape index (κ2) is 6.26. The Morgan fingerprint density at radius 1 is 1.39 bits per heavy atom. The minimum absolute atomic E-state index is 0.00656. The molecular weight excluding hydrogens is 280 g/mol. The summed E-state index contributed by atoms with van der Waals surface area (Å²) in [7, 11) is -1.65. The van der Waals surface area contributed by atoms with Gasteiger partial charge in [-0.2, -0.15) is 0 Å². The SMILES string of the molecule is COc1cc(CO)cc(Cl)c1OCCS(C)(=O)=O. The first-order valence-electron chi connectivity index (χ1n) is 5.15. The number of rotatable bonds is 6. The first-order valence-corrected chi connectivity index (χ1v) is 7.59. The molecule has 0 fully saturated rings. The van der Waals surface area contributed by atoms with Crippen LogP contribution in [0.4, 0.5) is 0 Å². The highest BCUT2D eigenvalue weighted by Gasteiger charge is 2.12. The van der Waals surface area contributed by atoms with E-state index in [0.717, 1.165) is 6.26 Å². The predicted molar refractivity (Wildman–Crippen MR) is 69.1 cm³/mol. The van der Waals surface area contributed by atoms with Crippen molar-refractivity contribution in [2.75, 3.05) is 25.7 Å². The molecule has 102 valence electrons. The minimum Gasteiger partial charge on any atom is -0.493 e. The molecule has 1 N–H and O–H groups in total. The van der Waals surface area contributed by atoms with Crippen LogP contribution in [0.2, 0.25) is 5.02 Å². The van der Waals surface area contributed by atoms with Crippen LogP contribution in [0.25, 0.3) is 0 Å². The molecule has 0 aliphatic heterocycles. The van der Waals surface area contributed by atoms with E-state index in [1.807, 2.05) is 0 Å². The summed E-state index contributed by atoms with van der Waals surface area (Å²) in [6, 6.07) is 3.13. The maximum atomic E-state index is 11.0. The fourth-order valence-corrected chi connectivity index (χ4v) is 1.97. The summed E-state index contributed by atoms with van der Waals surface area (Å²) in [5, 5.41) is 9.29. The van der Waals surface area contributed by atoms with Crippen LogP contribution in [0, 0.1) is 0 Å². The summed E-state index contributed by atoms with van der Waals surface area (Å²) in [6.45, 7) is -0.174. The molecule has 0 unspecified atom stereocenters. The highest BCUT2D eigenvalue weighted by Crippen LogP contribution is 2.36. The van der Waals surface area contributed by atoms with Crippen LogP contribution in [-0.2, 0) is 16.4 Å². The molecule has 0 atom stereocenters. The molecule has 1 rings (SSSR count). The number of hydrogen-bond acceptors (Lipinski definition) is 5. The van der Waals surface area contributed by atoms with Crippen LogP contribution in [0.1, 0.15) is 5.56 Å². The topological polar surface area (TPSA) is 72.8 Å². The molecule has 1 aromatic rings. The summed E-state index contributed by atoms with van der Waals surface area (Å²) >= 11 is 5.98.